The predicted octanol–water partition coefficient (Wildman–Crippen LogP) is 4.75. The van der Waals surface area contributed by atoms with Gasteiger partial charge >= 0.3 is 0 Å². The van der Waals surface area contributed by atoms with Crippen LogP contribution in [0.2, 0.25) is 0 Å². The number of nitrogens with zero attached hydrogens (tertiary/aromatic N) is 1. The smallest absolute Gasteiger partial charge is 0.104 e. The van der Waals surface area contributed by atoms with Gasteiger partial charge in [0.2, 0.25) is 0 Å². The van der Waals surface area contributed by atoms with E-state index in [1.54, 1.807) is 0 Å². The van der Waals surface area contributed by atoms with Crippen LogP contribution in [-0.2, 0) is 6.54 Å². The molecule has 1 saturated carbocycles. The molecule has 20 heavy (non-hydrogen) atoms. The van der Waals surface area contributed by atoms with Crippen molar-refractivity contribution in [3.63, 3.8) is 0 Å². The first-order valence-corrected chi connectivity index (χ1v) is 7.95. The summed E-state index contributed by atoms with van der Waals surface area (Å²) in [5.41, 5.74) is 1.47. The van der Waals surface area contributed by atoms with Gasteiger partial charge in [0.05, 0.1) is 20.1 Å². The highest BCUT2D eigenvalue weighted by atomic mass is 15.3. The van der Waals surface area contributed by atoms with E-state index >= 15 is 0 Å². The Morgan fingerprint density at radius 3 is 2.35 bits per heavy atom. The highest BCUT2D eigenvalue weighted by Gasteiger charge is 2.29. The lowest BCUT2D eigenvalue weighted by Crippen LogP contribution is -2.48. The molecule has 0 heterocycles. The summed E-state index contributed by atoms with van der Waals surface area (Å²) in [6, 6.07) is 16.5. The first kappa shape index (κ1) is 13.6. The summed E-state index contributed by atoms with van der Waals surface area (Å²) in [6.45, 7) is 1.15. The molecule has 2 aromatic carbocycles. The van der Waals surface area contributed by atoms with Crippen LogP contribution in [0.3, 0.4) is 0 Å². The average molecular weight is 268 g/mol. The van der Waals surface area contributed by atoms with Gasteiger partial charge in [-0.25, -0.2) is 0 Å². The molecule has 1 fully saturated rings. The Morgan fingerprint density at radius 2 is 1.60 bits per heavy atom. The molecule has 0 saturated heterocycles. The molecule has 1 nitrogen and oxygen atoms in total. The van der Waals surface area contributed by atoms with Crippen LogP contribution in [0.5, 0.6) is 0 Å². The molecule has 3 rings (SSSR count). The number of quaternary nitrogens is 1. The summed E-state index contributed by atoms with van der Waals surface area (Å²) in [4.78, 5) is 0. The second-order valence-electron chi connectivity index (χ2n) is 6.91. The second kappa shape index (κ2) is 5.57. The van der Waals surface area contributed by atoms with E-state index in [0.717, 1.165) is 17.1 Å². The van der Waals surface area contributed by atoms with E-state index in [4.69, 9.17) is 0 Å². The highest BCUT2D eigenvalue weighted by Crippen LogP contribution is 2.28. The fourth-order valence-electron chi connectivity index (χ4n) is 3.72. The monoisotopic (exact) mass is 268 g/mol. The molecule has 0 aliphatic heterocycles. The lowest BCUT2D eigenvalue weighted by molar-refractivity contribution is -0.929. The minimum atomic E-state index is 0.843. The summed E-state index contributed by atoms with van der Waals surface area (Å²) in [6.07, 6.45) is 7.09. The lowest BCUT2D eigenvalue weighted by atomic mass is 9.92. The normalized spacial score (nSPS) is 17.5. The van der Waals surface area contributed by atoms with E-state index in [1.807, 2.05) is 0 Å². The summed E-state index contributed by atoms with van der Waals surface area (Å²) >= 11 is 0. The van der Waals surface area contributed by atoms with Gasteiger partial charge in [-0.3, -0.25) is 0 Å². The van der Waals surface area contributed by atoms with E-state index in [9.17, 15) is 0 Å². The molecule has 0 N–H and O–H groups in total. The maximum absolute atomic E-state index is 2.41. The van der Waals surface area contributed by atoms with Gasteiger partial charge in [-0.05, 0) is 42.5 Å². The quantitative estimate of drug-likeness (QED) is 0.705. The Hall–Kier alpha value is -1.34. The third-order valence-corrected chi connectivity index (χ3v) is 4.97. The SMILES string of the molecule is C[N+](C)(Cc1ccc2ccccc2c1)C1CCCCC1. The first-order chi connectivity index (χ1) is 9.65. The van der Waals surface area contributed by atoms with Crippen LogP contribution in [0.25, 0.3) is 10.8 Å². The van der Waals surface area contributed by atoms with Crippen molar-refractivity contribution in [3.8, 4) is 0 Å². The largest absolute Gasteiger partial charge is 0.322 e. The van der Waals surface area contributed by atoms with Crippen molar-refractivity contribution in [2.24, 2.45) is 0 Å². The third-order valence-electron chi connectivity index (χ3n) is 4.97. The van der Waals surface area contributed by atoms with E-state index in [2.05, 4.69) is 56.6 Å². The van der Waals surface area contributed by atoms with Crippen LogP contribution in [0.1, 0.15) is 37.7 Å². The molecule has 0 bridgehead atoms. The van der Waals surface area contributed by atoms with Crippen molar-refractivity contribution in [1.82, 2.24) is 0 Å². The Balaban J connectivity index is 1.80. The molecular weight excluding hydrogens is 242 g/mol. The molecule has 0 atom stereocenters. The third kappa shape index (κ3) is 2.88. The minimum absolute atomic E-state index is 0.843. The zero-order valence-electron chi connectivity index (χ0n) is 12.8. The van der Waals surface area contributed by atoms with Crippen molar-refractivity contribution in [2.75, 3.05) is 14.1 Å². The first-order valence-electron chi connectivity index (χ1n) is 7.95. The van der Waals surface area contributed by atoms with Crippen molar-refractivity contribution < 1.29 is 4.48 Å². The van der Waals surface area contributed by atoms with Crippen LogP contribution in [0.15, 0.2) is 42.5 Å². The zero-order valence-corrected chi connectivity index (χ0v) is 12.8. The Kier molecular flexibility index (Phi) is 3.80. The fourth-order valence-corrected chi connectivity index (χ4v) is 3.72. The van der Waals surface area contributed by atoms with Crippen LogP contribution >= 0.6 is 0 Å². The zero-order chi connectivity index (χ0) is 14.0. The van der Waals surface area contributed by atoms with Gasteiger partial charge in [-0.2, -0.15) is 0 Å². The molecule has 1 heteroatoms. The Morgan fingerprint density at radius 1 is 0.900 bits per heavy atom. The van der Waals surface area contributed by atoms with Crippen molar-refractivity contribution in [3.05, 3.63) is 48.0 Å². The van der Waals surface area contributed by atoms with Crippen LogP contribution in [0, 0.1) is 0 Å². The Labute approximate surface area is 122 Å². The number of hydrogen-bond donors (Lipinski definition) is 0. The van der Waals surface area contributed by atoms with Gasteiger partial charge < -0.3 is 4.48 Å². The van der Waals surface area contributed by atoms with E-state index in [0.29, 0.717) is 0 Å². The Bertz CT molecular complexity index is 579. The number of benzene rings is 2. The predicted molar refractivity (Wildman–Crippen MR) is 86.6 cm³/mol. The summed E-state index contributed by atoms with van der Waals surface area (Å²) in [5, 5.41) is 2.72. The van der Waals surface area contributed by atoms with Crippen molar-refractivity contribution in [2.45, 2.75) is 44.7 Å². The second-order valence-corrected chi connectivity index (χ2v) is 6.91. The maximum atomic E-state index is 2.41. The van der Waals surface area contributed by atoms with Crippen LogP contribution < -0.4 is 0 Å². The standard InChI is InChI=1S/C19H26N/c1-20(2,19-10-4-3-5-11-19)15-16-12-13-17-8-6-7-9-18(17)14-16/h6-9,12-14,19H,3-5,10-11,15H2,1-2H3/q+1. The van der Waals surface area contributed by atoms with E-state index in [-0.39, 0.29) is 0 Å². The van der Waals surface area contributed by atoms with Crippen LogP contribution in [0.4, 0.5) is 0 Å². The van der Waals surface area contributed by atoms with Crippen LogP contribution in [-0.4, -0.2) is 24.6 Å². The maximum Gasteiger partial charge on any atom is 0.104 e. The minimum Gasteiger partial charge on any atom is -0.322 e. The van der Waals surface area contributed by atoms with Crippen molar-refractivity contribution >= 4 is 10.8 Å². The fraction of sp³-hybridized carbons (Fsp3) is 0.474. The summed E-state index contributed by atoms with van der Waals surface area (Å²) in [5.74, 6) is 0. The number of rotatable bonds is 3. The van der Waals surface area contributed by atoms with E-state index in [1.165, 1.54) is 48.4 Å². The van der Waals surface area contributed by atoms with Gasteiger partial charge in [0, 0.05) is 5.56 Å². The number of hydrogen-bond acceptors (Lipinski definition) is 0. The molecule has 1 aliphatic rings. The molecule has 0 radical (unpaired) electrons. The molecular formula is C19H26N+. The van der Waals surface area contributed by atoms with Gasteiger partial charge in [0.15, 0.2) is 0 Å². The lowest BCUT2D eigenvalue weighted by Gasteiger charge is -2.40. The molecule has 0 spiro atoms. The molecule has 0 unspecified atom stereocenters. The summed E-state index contributed by atoms with van der Waals surface area (Å²) in [7, 11) is 4.82. The average Bonchev–Trinajstić information content (AvgIpc) is 2.48. The summed E-state index contributed by atoms with van der Waals surface area (Å²) < 4.78 is 1.14. The molecule has 0 amide bonds. The van der Waals surface area contributed by atoms with E-state index < -0.39 is 0 Å². The van der Waals surface area contributed by atoms with Gasteiger partial charge in [-0.15, -0.1) is 0 Å². The van der Waals surface area contributed by atoms with Crippen molar-refractivity contribution in [1.29, 1.82) is 0 Å². The van der Waals surface area contributed by atoms with Gasteiger partial charge in [0.1, 0.15) is 6.54 Å². The van der Waals surface area contributed by atoms with Gasteiger partial charge in [-0.1, -0.05) is 42.8 Å². The van der Waals surface area contributed by atoms with Gasteiger partial charge in [0.25, 0.3) is 0 Å². The highest BCUT2D eigenvalue weighted by molar-refractivity contribution is 5.82. The molecule has 106 valence electrons. The molecule has 1 aliphatic carbocycles. The number of fused-ring (bicyclic) bond motifs is 1. The topological polar surface area (TPSA) is 0 Å². The molecule has 2 aromatic rings. The molecule has 0 aromatic heterocycles.